The van der Waals surface area contributed by atoms with E-state index in [4.69, 9.17) is 4.74 Å². The van der Waals surface area contributed by atoms with Crippen molar-refractivity contribution in [3.63, 3.8) is 0 Å². The molecule has 9 nitrogen and oxygen atoms in total. The summed E-state index contributed by atoms with van der Waals surface area (Å²) in [5.74, 6) is 0.485. The van der Waals surface area contributed by atoms with Gasteiger partial charge in [-0.25, -0.2) is 9.97 Å². The molecule has 3 heterocycles. The molecule has 3 N–H and O–H groups in total. The minimum Gasteiger partial charge on any atom is -0.378 e. The van der Waals surface area contributed by atoms with Crippen LogP contribution < -0.4 is 15.5 Å². The average molecular weight is 470 g/mol. The predicted molar refractivity (Wildman–Crippen MR) is 136 cm³/mol. The fourth-order valence-corrected chi connectivity index (χ4v) is 3.91. The summed E-state index contributed by atoms with van der Waals surface area (Å²) in [6.07, 6.45) is 4.43. The van der Waals surface area contributed by atoms with Gasteiger partial charge in [0, 0.05) is 60.2 Å². The van der Waals surface area contributed by atoms with E-state index in [9.17, 15) is 4.79 Å². The highest BCUT2D eigenvalue weighted by molar-refractivity contribution is 5.91. The van der Waals surface area contributed by atoms with Crippen LogP contribution in [-0.2, 0) is 16.0 Å². The Morgan fingerprint density at radius 3 is 2.46 bits per heavy atom. The number of carbonyl (C=O) groups excluding carboxylic acids is 1. The van der Waals surface area contributed by atoms with Crippen molar-refractivity contribution in [2.24, 2.45) is 0 Å². The average Bonchev–Trinajstić information content (AvgIpc) is 3.43. The minimum absolute atomic E-state index is 0.0412. The Bertz CT molecular complexity index is 1240. The fourth-order valence-electron chi connectivity index (χ4n) is 3.91. The van der Waals surface area contributed by atoms with E-state index < -0.39 is 0 Å². The first-order valence-electron chi connectivity index (χ1n) is 11.6. The van der Waals surface area contributed by atoms with Gasteiger partial charge in [-0.1, -0.05) is 12.1 Å². The SMILES string of the molecule is O=C(CCc1ccn[nH]1)Nc1ccc(-c2ccnc(Nc3ccc(N4CCOCC4)cc3)n2)cc1. The van der Waals surface area contributed by atoms with E-state index in [0.29, 0.717) is 18.8 Å². The second-order valence-corrected chi connectivity index (χ2v) is 8.24. The zero-order valence-electron chi connectivity index (χ0n) is 19.3. The molecule has 35 heavy (non-hydrogen) atoms. The van der Waals surface area contributed by atoms with Gasteiger partial charge in [-0.2, -0.15) is 5.10 Å². The lowest BCUT2D eigenvalue weighted by molar-refractivity contribution is -0.116. The van der Waals surface area contributed by atoms with Crippen molar-refractivity contribution in [1.29, 1.82) is 0 Å². The van der Waals surface area contributed by atoms with E-state index in [2.05, 4.69) is 47.8 Å². The van der Waals surface area contributed by atoms with Gasteiger partial charge >= 0.3 is 0 Å². The van der Waals surface area contributed by atoms with E-state index in [-0.39, 0.29) is 5.91 Å². The standard InChI is InChI=1S/C26H27N7O2/c34-25(10-7-22-11-14-28-32-22)29-20-3-1-19(2-4-20)24-12-13-27-26(31-24)30-21-5-8-23(9-6-21)33-15-17-35-18-16-33/h1-6,8-9,11-14H,7,10,15-18H2,(H,28,32)(H,29,34)(H,27,30,31). The molecule has 2 aromatic carbocycles. The number of aromatic amines is 1. The van der Waals surface area contributed by atoms with E-state index >= 15 is 0 Å². The van der Waals surface area contributed by atoms with Crippen LogP contribution in [0.3, 0.4) is 0 Å². The maximum absolute atomic E-state index is 12.2. The summed E-state index contributed by atoms with van der Waals surface area (Å²) < 4.78 is 5.43. The molecule has 0 bridgehead atoms. The number of H-pyrrole nitrogens is 1. The molecule has 4 aromatic rings. The number of aryl methyl sites for hydroxylation is 1. The number of carbonyl (C=O) groups is 1. The van der Waals surface area contributed by atoms with Crippen molar-refractivity contribution in [1.82, 2.24) is 20.2 Å². The molecule has 178 valence electrons. The Kier molecular flexibility index (Phi) is 6.95. The number of hydrogen-bond donors (Lipinski definition) is 3. The first-order valence-corrected chi connectivity index (χ1v) is 11.6. The maximum atomic E-state index is 12.2. The van der Waals surface area contributed by atoms with Gasteiger partial charge in [0.05, 0.1) is 18.9 Å². The number of amides is 1. The third kappa shape index (κ3) is 6.01. The Hall–Kier alpha value is -4.24. The second-order valence-electron chi connectivity index (χ2n) is 8.24. The molecule has 2 aromatic heterocycles. The highest BCUT2D eigenvalue weighted by Crippen LogP contribution is 2.23. The first kappa shape index (κ1) is 22.5. The number of hydrogen-bond acceptors (Lipinski definition) is 7. The van der Waals surface area contributed by atoms with Crippen LogP contribution in [0.5, 0.6) is 0 Å². The summed E-state index contributed by atoms with van der Waals surface area (Å²) in [5, 5.41) is 13.0. The number of ether oxygens (including phenoxy) is 1. The highest BCUT2D eigenvalue weighted by Gasteiger charge is 2.11. The first-order chi connectivity index (χ1) is 17.2. The molecule has 1 aliphatic heterocycles. The zero-order valence-corrected chi connectivity index (χ0v) is 19.3. The number of anilines is 4. The van der Waals surface area contributed by atoms with E-state index in [1.807, 2.05) is 48.5 Å². The van der Waals surface area contributed by atoms with Gasteiger partial charge < -0.3 is 20.3 Å². The normalized spacial score (nSPS) is 13.4. The molecular weight excluding hydrogens is 442 g/mol. The zero-order chi connectivity index (χ0) is 23.9. The van der Waals surface area contributed by atoms with Crippen LogP contribution >= 0.6 is 0 Å². The predicted octanol–water partition coefficient (Wildman–Crippen LogP) is 4.02. The summed E-state index contributed by atoms with van der Waals surface area (Å²) in [6, 6.07) is 19.6. The van der Waals surface area contributed by atoms with Gasteiger partial charge in [0.15, 0.2) is 0 Å². The summed E-state index contributed by atoms with van der Waals surface area (Å²) in [5.41, 5.74) is 5.53. The van der Waals surface area contributed by atoms with Crippen LogP contribution in [0.25, 0.3) is 11.3 Å². The van der Waals surface area contributed by atoms with Crippen LogP contribution in [0.2, 0.25) is 0 Å². The monoisotopic (exact) mass is 469 g/mol. The van der Waals surface area contributed by atoms with Crippen LogP contribution in [0.15, 0.2) is 73.1 Å². The van der Waals surface area contributed by atoms with Crippen molar-refractivity contribution in [3.8, 4) is 11.3 Å². The smallest absolute Gasteiger partial charge is 0.227 e. The lowest BCUT2D eigenvalue weighted by Gasteiger charge is -2.28. The number of nitrogens with zero attached hydrogens (tertiary/aromatic N) is 4. The molecule has 0 aliphatic carbocycles. The topological polar surface area (TPSA) is 108 Å². The quantitative estimate of drug-likeness (QED) is 0.358. The van der Waals surface area contributed by atoms with Gasteiger partial charge in [0.25, 0.3) is 0 Å². The third-order valence-corrected chi connectivity index (χ3v) is 5.80. The van der Waals surface area contributed by atoms with Crippen molar-refractivity contribution in [2.75, 3.05) is 41.8 Å². The molecule has 0 atom stereocenters. The van der Waals surface area contributed by atoms with E-state index in [0.717, 1.165) is 54.6 Å². The Balaban J connectivity index is 1.18. The summed E-state index contributed by atoms with van der Waals surface area (Å²) in [6.45, 7) is 3.34. The Labute approximate surface area is 203 Å². The minimum atomic E-state index is -0.0412. The largest absolute Gasteiger partial charge is 0.378 e. The molecule has 0 unspecified atom stereocenters. The van der Waals surface area contributed by atoms with Gasteiger partial charge in [-0.05, 0) is 55.0 Å². The number of morpholine rings is 1. The molecule has 1 fully saturated rings. The number of nitrogens with one attached hydrogen (secondary N) is 3. The molecule has 5 rings (SSSR count). The maximum Gasteiger partial charge on any atom is 0.227 e. The molecule has 1 amide bonds. The fraction of sp³-hybridized carbons (Fsp3) is 0.231. The molecule has 1 saturated heterocycles. The summed E-state index contributed by atoms with van der Waals surface area (Å²) >= 11 is 0. The number of aromatic nitrogens is 4. The lowest BCUT2D eigenvalue weighted by Crippen LogP contribution is -2.36. The van der Waals surface area contributed by atoms with Gasteiger partial charge in [0.2, 0.25) is 11.9 Å². The van der Waals surface area contributed by atoms with Crippen molar-refractivity contribution in [3.05, 3.63) is 78.8 Å². The van der Waals surface area contributed by atoms with Crippen LogP contribution in [0, 0.1) is 0 Å². The highest BCUT2D eigenvalue weighted by atomic mass is 16.5. The number of rotatable bonds is 8. The van der Waals surface area contributed by atoms with Gasteiger partial charge in [0.1, 0.15) is 0 Å². The molecule has 9 heteroatoms. The number of benzene rings is 2. The summed E-state index contributed by atoms with van der Waals surface area (Å²) in [7, 11) is 0. The molecule has 1 aliphatic rings. The van der Waals surface area contributed by atoms with Crippen LogP contribution in [-0.4, -0.2) is 52.4 Å². The molecule has 0 spiro atoms. The lowest BCUT2D eigenvalue weighted by atomic mass is 10.1. The third-order valence-electron chi connectivity index (χ3n) is 5.80. The van der Waals surface area contributed by atoms with Crippen molar-refractivity contribution >= 4 is 28.9 Å². The van der Waals surface area contributed by atoms with E-state index in [1.165, 1.54) is 5.69 Å². The van der Waals surface area contributed by atoms with Crippen LogP contribution in [0.4, 0.5) is 23.0 Å². The van der Waals surface area contributed by atoms with E-state index in [1.54, 1.807) is 12.4 Å². The van der Waals surface area contributed by atoms with Crippen molar-refractivity contribution < 1.29 is 9.53 Å². The molecule has 0 saturated carbocycles. The molecule has 0 radical (unpaired) electrons. The second kappa shape index (κ2) is 10.8. The van der Waals surface area contributed by atoms with Gasteiger partial charge in [-0.3, -0.25) is 9.89 Å². The van der Waals surface area contributed by atoms with Gasteiger partial charge in [-0.15, -0.1) is 0 Å². The van der Waals surface area contributed by atoms with Crippen molar-refractivity contribution in [2.45, 2.75) is 12.8 Å². The Morgan fingerprint density at radius 2 is 1.71 bits per heavy atom. The molecular formula is C26H27N7O2. The summed E-state index contributed by atoms with van der Waals surface area (Å²) in [4.78, 5) is 23.5. The van der Waals surface area contributed by atoms with Crippen LogP contribution in [0.1, 0.15) is 12.1 Å². The Morgan fingerprint density at radius 1 is 0.943 bits per heavy atom.